The quantitative estimate of drug-likeness (QED) is 0.443. The fourth-order valence-electron chi connectivity index (χ4n) is 1.62. The highest BCUT2D eigenvalue weighted by Crippen LogP contribution is 2.28. The lowest BCUT2D eigenvalue weighted by Gasteiger charge is -2.07. The summed E-state index contributed by atoms with van der Waals surface area (Å²) in [5.41, 5.74) is -0.227. The summed E-state index contributed by atoms with van der Waals surface area (Å²) in [6.45, 7) is 2.44. The number of rotatable bonds is 8. The molecule has 1 aromatic rings. The van der Waals surface area contributed by atoms with Gasteiger partial charge in [-0.25, -0.2) is 4.79 Å². The number of benzene rings is 1. The van der Waals surface area contributed by atoms with Crippen LogP contribution in [0.3, 0.4) is 0 Å². The minimum Gasteiger partial charge on any atom is -0.487 e. The van der Waals surface area contributed by atoms with Crippen LogP contribution in [0.25, 0.3) is 0 Å². The molecule has 1 aromatic carbocycles. The van der Waals surface area contributed by atoms with Gasteiger partial charge in [0.1, 0.15) is 0 Å². The van der Waals surface area contributed by atoms with E-state index in [1.165, 1.54) is 12.1 Å². The molecule has 0 aliphatic rings. The molecule has 0 spiro atoms. The average Bonchev–Trinajstić information content (AvgIpc) is 2.38. The number of aromatic carboxylic acids is 1. The second-order valence-corrected chi connectivity index (χ2v) is 4.15. The third kappa shape index (κ3) is 4.57. The van der Waals surface area contributed by atoms with E-state index in [2.05, 4.69) is 6.92 Å². The summed E-state index contributed by atoms with van der Waals surface area (Å²) >= 11 is 0. The first-order valence-electron chi connectivity index (χ1n) is 6.20. The molecule has 0 unspecified atom stereocenters. The summed E-state index contributed by atoms with van der Waals surface area (Å²) in [5.74, 6) is -1.12. The highest BCUT2D eigenvalue weighted by atomic mass is 16.6. The summed E-state index contributed by atoms with van der Waals surface area (Å²) in [4.78, 5) is 21.1. The molecule has 0 aliphatic carbocycles. The first-order chi connectivity index (χ1) is 9.06. The second-order valence-electron chi connectivity index (χ2n) is 4.15. The lowest BCUT2D eigenvalue weighted by Crippen LogP contribution is -2.03. The molecule has 0 radical (unpaired) electrons. The van der Waals surface area contributed by atoms with Crippen molar-refractivity contribution in [2.24, 2.45) is 0 Å². The van der Waals surface area contributed by atoms with Crippen LogP contribution in [-0.2, 0) is 0 Å². The van der Waals surface area contributed by atoms with Gasteiger partial charge in [0.25, 0.3) is 0 Å². The summed E-state index contributed by atoms with van der Waals surface area (Å²) < 4.78 is 5.33. The maximum atomic E-state index is 10.8. The lowest BCUT2D eigenvalue weighted by atomic mass is 10.2. The smallest absolute Gasteiger partial charge is 0.335 e. The fraction of sp³-hybridized carbons (Fsp3) is 0.462. The average molecular weight is 267 g/mol. The van der Waals surface area contributed by atoms with E-state index in [1.807, 2.05) is 0 Å². The Balaban J connectivity index is 2.74. The van der Waals surface area contributed by atoms with Gasteiger partial charge in [-0.1, -0.05) is 26.2 Å². The highest BCUT2D eigenvalue weighted by molar-refractivity contribution is 5.88. The number of nitrogens with zero attached hydrogens (tertiary/aromatic N) is 1. The number of hydrogen-bond donors (Lipinski definition) is 1. The van der Waals surface area contributed by atoms with Gasteiger partial charge in [0.2, 0.25) is 0 Å². The van der Waals surface area contributed by atoms with Gasteiger partial charge < -0.3 is 9.84 Å². The standard InChI is InChI=1S/C13H17NO5/c1-2-3-4-5-8-19-12-9-10(13(15)16)6-7-11(12)14(17)18/h6-7,9H,2-5,8H2,1H3,(H,15,16). The summed E-state index contributed by atoms with van der Waals surface area (Å²) in [6.07, 6.45) is 3.96. The van der Waals surface area contributed by atoms with E-state index < -0.39 is 10.9 Å². The number of carbonyl (C=O) groups is 1. The number of carboxylic acid groups (broad SMARTS) is 1. The van der Waals surface area contributed by atoms with E-state index in [0.717, 1.165) is 31.7 Å². The zero-order valence-electron chi connectivity index (χ0n) is 10.8. The van der Waals surface area contributed by atoms with Gasteiger partial charge in [-0.05, 0) is 12.5 Å². The molecule has 104 valence electrons. The lowest BCUT2D eigenvalue weighted by molar-refractivity contribution is -0.385. The third-order valence-corrected chi connectivity index (χ3v) is 2.66. The Morgan fingerprint density at radius 2 is 2.11 bits per heavy atom. The second kappa shape index (κ2) is 7.35. The van der Waals surface area contributed by atoms with Crippen molar-refractivity contribution in [3.63, 3.8) is 0 Å². The molecule has 0 saturated carbocycles. The van der Waals surface area contributed by atoms with Crippen LogP contribution < -0.4 is 4.74 Å². The van der Waals surface area contributed by atoms with Gasteiger partial charge in [-0.15, -0.1) is 0 Å². The maximum Gasteiger partial charge on any atom is 0.335 e. The maximum absolute atomic E-state index is 10.8. The van der Waals surface area contributed by atoms with Crippen molar-refractivity contribution in [2.45, 2.75) is 32.6 Å². The fourth-order valence-corrected chi connectivity index (χ4v) is 1.62. The number of ether oxygens (including phenoxy) is 1. The van der Waals surface area contributed by atoms with E-state index in [0.29, 0.717) is 6.61 Å². The van der Waals surface area contributed by atoms with E-state index in [4.69, 9.17) is 9.84 Å². The molecule has 0 aliphatic heterocycles. The molecule has 0 amide bonds. The Labute approximate surface area is 111 Å². The summed E-state index contributed by atoms with van der Waals surface area (Å²) in [5, 5.41) is 19.7. The molecule has 0 fully saturated rings. The van der Waals surface area contributed by atoms with Crippen molar-refractivity contribution in [1.29, 1.82) is 0 Å². The van der Waals surface area contributed by atoms with E-state index in [9.17, 15) is 14.9 Å². The van der Waals surface area contributed by atoms with Crippen molar-refractivity contribution < 1.29 is 19.6 Å². The number of nitro groups is 1. The molecule has 6 heteroatoms. The van der Waals surface area contributed by atoms with Gasteiger partial charge in [0.15, 0.2) is 5.75 Å². The minimum absolute atomic E-state index is 0.0152. The molecule has 19 heavy (non-hydrogen) atoms. The Kier molecular flexibility index (Phi) is 5.78. The van der Waals surface area contributed by atoms with Crippen molar-refractivity contribution in [3.8, 4) is 5.75 Å². The Morgan fingerprint density at radius 3 is 2.68 bits per heavy atom. The number of unbranched alkanes of at least 4 members (excludes halogenated alkanes) is 3. The topological polar surface area (TPSA) is 89.7 Å². The van der Waals surface area contributed by atoms with Crippen LogP contribution in [0.2, 0.25) is 0 Å². The summed E-state index contributed by atoms with van der Waals surface area (Å²) in [6, 6.07) is 3.55. The normalized spacial score (nSPS) is 10.2. The van der Waals surface area contributed by atoms with Crippen molar-refractivity contribution in [2.75, 3.05) is 6.61 Å². The predicted octanol–water partition coefficient (Wildman–Crippen LogP) is 3.25. The Morgan fingerprint density at radius 1 is 1.37 bits per heavy atom. The summed E-state index contributed by atoms with van der Waals surface area (Å²) in [7, 11) is 0. The SMILES string of the molecule is CCCCCCOc1cc(C(=O)O)ccc1[N+](=O)[O-]. The number of hydrogen-bond acceptors (Lipinski definition) is 4. The number of carboxylic acids is 1. The van der Waals surface area contributed by atoms with Gasteiger partial charge in [-0.2, -0.15) is 0 Å². The Bertz CT molecular complexity index is 458. The zero-order valence-corrected chi connectivity index (χ0v) is 10.8. The largest absolute Gasteiger partial charge is 0.487 e. The molecule has 0 saturated heterocycles. The van der Waals surface area contributed by atoms with Crippen LogP contribution in [0.15, 0.2) is 18.2 Å². The van der Waals surface area contributed by atoms with Crippen molar-refractivity contribution >= 4 is 11.7 Å². The molecular weight excluding hydrogens is 250 g/mol. The van der Waals surface area contributed by atoms with Crippen LogP contribution in [0.5, 0.6) is 5.75 Å². The van der Waals surface area contributed by atoms with Crippen molar-refractivity contribution in [3.05, 3.63) is 33.9 Å². The highest BCUT2D eigenvalue weighted by Gasteiger charge is 2.17. The Hall–Kier alpha value is -2.11. The van der Waals surface area contributed by atoms with Crippen LogP contribution in [-0.4, -0.2) is 22.6 Å². The van der Waals surface area contributed by atoms with Gasteiger partial charge in [0, 0.05) is 12.1 Å². The van der Waals surface area contributed by atoms with E-state index in [-0.39, 0.29) is 17.0 Å². The third-order valence-electron chi connectivity index (χ3n) is 2.66. The van der Waals surface area contributed by atoms with Crippen LogP contribution >= 0.6 is 0 Å². The molecular formula is C13H17NO5. The van der Waals surface area contributed by atoms with Gasteiger partial charge in [-0.3, -0.25) is 10.1 Å². The van der Waals surface area contributed by atoms with E-state index >= 15 is 0 Å². The van der Waals surface area contributed by atoms with Crippen LogP contribution in [0.4, 0.5) is 5.69 Å². The minimum atomic E-state index is -1.13. The molecule has 0 atom stereocenters. The zero-order chi connectivity index (χ0) is 14.3. The van der Waals surface area contributed by atoms with Crippen LogP contribution in [0, 0.1) is 10.1 Å². The molecule has 1 N–H and O–H groups in total. The van der Waals surface area contributed by atoms with E-state index in [1.54, 1.807) is 0 Å². The first kappa shape index (κ1) is 14.9. The van der Waals surface area contributed by atoms with Crippen LogP contribution in [0.1, 0.15) is 43.0 Å². The van der Waals surface area contributed by atoms with Crippen molar-refractivity contribution in [1.82, 2.24) is 0 Å². The van der Waals surface area contributed by atoms with Gasteiger partial charge >= 0.3 is 11.7 Å². The molecule has 1 rings (SSSR count). The predicted molar refractivity (Wildman–Crippen MR) is 69.7 cm³/mol. The number of nitro benzene ring substituents is 1. The molecule has 0 bridgehead atoms. The molecule has 0 heterocycles. The molecule has 6 nitrogen and oxygen atoms in total. The molecule has 0 aromatic heterocycles. The van der Waals surface area contributed by atoms with Gasteiger partial charge in [0.05, 0.1) is 17.1 Å². The monoisotopic (exact) mass is 267 g/mol. The first-order valence-corrected chi connectivity index (χ1v) is 6.20.